The zero-order valence-corrected chi connectivity index (χ0v) is 16.3. The topological polar surface area (TPSA) is 71.8 Å². The first-order chi connectivity index (χ1) is 10.7. The highest BCUT2D eigenvalue weighted by Gasteiger charge is 2.28. The smallest absolute Gasteiger partial charge is 0.307 e. The number of nitrogens with zero attached hydrogens (tertiary/aromatic N) is 4. The number of likely N-dealkylation sites (tertiary alicyclic amines) is 1. The van der Waals surface area contributed by atoms with E-state index >= 15 is 0 Å². The fourth-order valence-electron chi connectivity index (χ4n) is 2.81. The van der Waals surface area contributed by atoms with Gasteiger partial charge in [-0.15, -0.1) is 24.0 Å². The van der Waals surface area contributed by atoms with Crippen LogP contribution >= 0.6 is 24.0 Å². The number of methoxy groups -OCH3 is 1. The number of hydrogen-bond acceptors (Lipinski definition) is 4. The number of nitrogens with one attached hydrogen (secondary N) is 1. The van der Waals surface area contributed by atoms with Gasteiger partial charge in [0.2, 0.25) is 0 Å². The van der Waals surface area contributed by atoms with Crippen molar-refractivity contribution in [3.8, 4) is 0 Å². The van der Waals surface area contributed by atoms with Gasteiger partial charge in [-0.05, 0) is 12.3 Å². The van der Waals surface area contributed by atoms with Gasteiger partial charge in [-0.25, -0.2) is 4.98 Å². The fraction of sp³-hybridized carbons (Fsp3) is 0.667. The number of aromatic nitrogens is 2. The molecule has 2 unspecified atom stereocenters. The predicted octanol–water partition coefficient (Wildman–Crippen LogP) is 1.52. The maximum atomic E-state index is 11.2. The first-order valence-electron chi connectivity index (χ1n) is 7.65. The van der Waals surface area contributed by atoms with Crippen LogP contribution in [-0.4, -0.2) is 60.2 Å². The predicted molar refractivity (Wildman–Crippen MR) is 100 cm³/mol. The maximum absolute atomic E-state index is 11.2. The number of imidazole rings is 1. The molecule has 1 saturated heterocycles. The van der Waals surface area contributed by atoms with Crippen LogP contribution in [0.15, 0.2) is 23.7 Å². The van der Waals surface area contributed by atoms with Gasteiger partial charge in [0.05, 0.1) is 25.9 Å². The molecule has 1 aromatic rings. The molecule has 8 heteroatoms. The number of rotatable bonds is 4. The summed E-state index contributed by atoms with van der Waals surface area (Å²) in [6, 6.07) is 0.385. The molecule has 2 rings (SSSR count). The summed E-state index contributed by atoms with van der Waals surface area (Å²) in [7, 11) is 3.17. The summed E-state index contributed by atoms with van der Waals surface area (Å²) in [5.74, 6) is 1.21. The van der Waals surface area contributed by atoms with Crippen LogP contribution in [0, 0.1) is 5.92 Å². The Kier molecular flexibility index (Phi) is 8.35. The van der Waals surface area contributed by atoms with Crippen molar-refractivity contribution in [2.75, 3.05) is 33.8 Å². The third kappa shape index (κ3) is 5.36. The molecule has 2 heterocycles. The first-order valence-corrected chi connectivity index (χ1v) is 7.65. The van der Waals surface area contributed by atoms with E-state index in [0.29, 0.717) is 24.9 Å². The van der Waals surface area contributed by atoms with Crippen LogP contribution in [0.3, 0.4) is 0 Å². The minimum absolute atomic E-state index is 0. The molecule has 0 aromatic carbocycles. The maximum Gasteiger partial charge on any atom is 0.307 e. The van der Waals surface area contributed by atoms with Gasteiger partial charge >= 0.3 is 5.97 Å². The van der Waals surface area contributed by atoms with Gasteiger partial charge in [-0.3, -0.25) is 9.79 Å². The van der Waals surface area contributed by atoms with Gasteiger partial charge in [-0.1, -0.05) is 6.92 Å². The third-order valence-electron chi connectivity index (χ3n) is 4.18. The molecular formula is C15H26IN5O2. The number of hydrogen-bond donors (Lipinski definition) is 1. The number of esters is 1. The summed E-state index contributed by atoms with van der Waals surface area (Å²) in [5.41, 5.74) is 0. The largest absolute Gasteiger partial charge is 0.469 e. The number of carbonyl (C=O) groups is 1. The van der Waals surface area contributed by atoms with E-state index in [9.17, 15) is 4.79 Å². The molecule has 1 aromatic heterocycles. The second-order valence-corrected chi connectivity index (χ2v) is 5.59. The monoisotopic (exact) mass is 435 g/mol. The molecule has 1 aliphatic rings. The second-order valence-electron chi connectivity index (χ2n) is 5.59. The van der Waals surface area contributed by atoms with Crippen molar-refractivity contribution in [3.63, 3.8) is 0 Å². The quantitative estimate of drug-likeness (QED) is 0.336. The lowest BCUT2D eigenvalue weighted by atomic mass is 9.93. The zero-order chi connectivity index (χ0) is 15.9. The highest BCUT2D eigenvalue weighted by molar-refractivity contribution is 14.0. The van der Waals surface area contributed by atoms with E-state index in [1.54, 1.807) is 7.05 Å². The van der Waals surface area contributed by atoms with Crippen LogP contribution in [0.1, 0.15) is 25.8 Å². The summed E-state index contributed by atoms with van der Waals surface area (Å²) in [4.78, 5) is 21.9. The van der Waals surface area contributed by atoms with Crippen LogP contribution in [0.25, 0.3) is 0 Å². The molecule has 2 atom stereocenters. The molecule has 0 saturated carbocycles. The molecule has 0 spiro atoms. The SMILES string of the molecule is CN=C(NCCC(=O)OC)N1CCC(C)C(n2ccnc2)C1.I. The Hall–Kier alpha value is -1.32. The third-order valence-corrected chi connectivity index (χ3v) is 4.18. The lowest BCUT2D eigenvalue weighted by Crippen LogP contribution is -2.49. The van der Waals surface area contributed by atoms with E-state index in [2.05, 4.69) is 36.4 Å². The lowest BCUT2D eigenvalue weighted by Gasteiger charge is -2.39. The molecular weight excluding hydrogens is 409 g/mol. The molecule has 1 aliphatic heterocycles. The Labute approximate surface area is 154 Å². The standard InChI is InChI=1S/C15H25N5O2.HI/c1-12-5-8-19(10-13(12)20-9-7-17-11-20)15(16-2)18-6-4-14(21)22-3;/h7,9,11-13H,4-6,8,10H2,1-3H3,(H,16,18);1H. The summed E-state index contributed by atoms with van der Waals surface area (Å²) in [6.45, 7) is 4.65. The van der Waals surface area contributed by atoms with Crippen LogP contribution in [0.5, 0.6) is 0 Å². The summed E-state index contributed by atoms with van der Waals surface area (Å²) >= 11 is 0. The number of ether oxygens (including phenoxy) is 1. The van der Waals surface area contributed by atoms with E-state index in [1.807, 2.05) is 18.7 Å². The van der Waals surface area contributed by atoms with E-state index < -0.39 is 0 Å². The molecule has 0 amide bonds. The van der Waals surface area contributed by atoms with Crippen molar-refractivity contribution in [2.45, 2.75) is 25.8 Å². The van der Waals surface area contributed by atoms with Crippen molar-refractivity contribution in [1.29, 1.82) is 0 Å². The van der Waals surface area contributed by atoms with E-state index in [-0.39, 0.29) is 29.9 Å². The number of aliphatic imine (C=N–C) groups is 1. The number of halogens is 1. The molecule has 130 valence electrons. The number of carbonyl (C=O) groups excluding carboxylic acids is 1. The Morgan fingerprint density at radius 1 is 1.52 bits per heavy atom. The molecule has 1 fully saturated rings. The average Bonchev–Trinajstić information content (AvgIpc) is 3.06. The fourth-order valence-corrected chi connectivity index (χ4v) is 2.81. The van der Waals surface area contributed by atoms with E-state index in [0.717, 1.165) is 25.5 Å². The lowest BCUT2D eigenvalue weighted by molar-refractivity contribution is -0.140. The summed E-state index contributed by atoms with van der Waals surface area (Å²) in [5, 5.41) is 3.24. The van der Waals surface area contributed by atoms with Gasteiger partial charge in [-0.2, -0.15) is 0 Å². The highest BCUT2D eigenvalue weighted by Crippen LogP contribution is 2.27. The first kappa shape index (κ1) is 19.7. The average molecular weight is 435 g/mol. The van der Waals surface area contributed by atoms with Gasteiger partial charge < -0.3 is 19.5 Å². The van der Waals surface area contributed by atoms with Crippen molar-refractivity contribution in [1.82, 2.24) is 19.8 Å². The molecule has 0 aliphatic carbocycles. The van der Waals surface area contributed by atoms with E-state index in [4.69, 9.17) is 0 Å². The van der Waals surface area contributed by atoms with Crippen LogP contribution < -0.4 is 5.32 Å². The number of piperidine rings is 1. The Morgan fingerprint density at radius 2 is 2.30 bits per heavy atom. The molecule has 7 nitrogen and oxygen atoms in total. The van der Waals surface area contributed by atoms with Crippen LogP contribution in [0.4, 0.5) is 0 Å². The summed E-state index contributed by atoms with van der Waals surface area (Å²) < 4.78 is 6.81. The van der Waals surface area contributed by atoms with Gasteiger partial charge in [0, 0.05) is 39.1 Å². The van der Waals surface area contributed by atoms with Crippen molar-refractivity contribution in [2.24, 2.45) is 10.9 Å². The molecule has 0 bridgehead atoms. The normalized spacial score (nSPS) is 21.5. The van der Waals surface area contributed by atoms with Gasteiger partial charge in [0.25, 0.3) is 0 Å². The number of guanidine groups is 1. The van der Waals surface area contributed by atoms with Crippen molar-refractivity contribution < 1.29 is 9.53 Å². The second kappa shape index (κ2) is 9.74. The van der Waals surface area contributed by atoms with Gasteiger partial charge in [0.15, 0.2) is 5.96 Å². The summed E-state index contributed by atoms with van der Waals surface area (Å²) in [6.07, 6.45) is 7.14. The Morgan fingerprint density at radius 3 is 2.91 bits per heavy atom. The van der Waals surface area contributed by atoms with E-state index in [1.165, 1.54) is 7.11 Å². The van der Waals surface area contributed by atoms with Crippen LogP contribution in [0.2, 0.25) is 0 Å². The minimum atomic E-state index is -0.216. The zero-order valence-electron chi connectivity index (χ0n) is 13.9. The molecule has 0 radical (unpaired) electrons. The Bertz CT molecular complexity index is 506. The Balaban J connectivity index is 0.00000264. The van der Waals surface area contributed by atoms with Crippen molar-refractivity contribution >= 4 is 35.9 Å². The molecule has 1 N–H and O–H groups in total. The minimum Gasteiger partial charge on any atom is -0.469 e. The van der Waals surface area contributed by atoms with Gasteiger partial charge in [0.1, 0.15) is 0 Å². The highest BCUT2D eigenvalue weighted by atomic mass is 127. The van der Waals surface area contributed by atoms with Crippen molar-refractivity contribution in [3.05, 3.63) is 18.7 Å². The molecule has 23 heavy (non-hydrogen) atoms. The van der Waals surface area contributed by atoms with Crippen LogP contribution in [-0.2, 0) is 9.53 Å².